The lowest BCUT2D eigenvalue weighted by Gasteiger charge is -2.16. The Kier molecular flexibility index (Phi) is 6.06. The number of hydrogen-bond donors (Lipinski definition) is 2. The van der Waals surface area contributed by atoms with Gasteiger partial charge >= 0.3 is 0 Å². The topological polar surface area (TPSA) is 59.1 Å². The number of rotatable bonds is 7. The third kappa shape index (κ3) is 4.93. The summed E-state index contributed by atoms with van der Waals surface area (Å²) in [5, 5.41) is 6.88. The Morgan fingerprint density at radius 2 is 1.83 bits per heavy atom. The minimum absolute atomic E-state index is 0.253. The monoisotopic (exact) mass is 388 g/mol. The molecule has 1 aromatic heterocycles. The fourth-order valence-corrected chi connectivity index (χ4v) is 3.61. The number of para-hydroxylation sites is 1. The second kappa shape index (κ2) is 9.05. The van der Waals surface area contributed by atoms with Crippen molar-refractivity contribution in [3.05, 3.63) is 66.2 Å². The van der Waals surface area contributed by atoms with E-state index in [1.807, 2.05) is 30.3 Å². The van der Waals surface area contributed by atoms with Gasteiger partial charge < -0.3 is 15.4 Å². The smallest absolute Gasteiger partial charge is 0.229 e. The molecule has 5 nitrogen and oxygen atoms in total. The van der Waals surface area contributed by atoms with Gasteiger partial charge in [-0.05, 0) is 30.4 Å². The average molecular weight is 389 g/mol. The molecule has 1 aliphatic rings. The zero-order valence-electron chi connectivity index (χ0n) is 17.1. The summed E-state index contributed by atoms with van der Waals surface area (Å²) in [6, 6.07) is 20.5. The molecule has 29 heavy (non-hydrogen) atoms. The molecule has 0 radical (unpaired) electrons. The molecule has 2 aromatic carbocycles. The quantitative estimate of drug-likeness (QED) is 0.551. The Morgan fingerprint density at radius 1 is 1.03 bits per heavy atom. The van der Waals surface area contributed by atoms with Gasteiger partial charge in [0.05, 0.1) is 11.8 Å². The Bertz CT molecular complexity index is 937. The summed E-state index contributed by atoms with van der Waals surface area (Å²) in [5.41, 5.74) is 4.24. The van der Waals surface area contributed by atoms with E-state index in [0.29, 0.717) is 11.9 Å². The lowest BCUT2D eigenvalue weighted by molar-refractivity contribution is 0.120. The van der Waals surface area contributed by atoms with Crippen LogP contribution in [0.3, 0.4) is 0 Å². The summed E-state index contributed by atoms with van der Waals surface area (Å²) in [6.45, 7) is 5.99. The van der Waals surface area contributed by atoms with Crippen LogP contribution in [0, 0.1) is 0 Å². The summed E-state index contributed by atoms with van der Waals surface area (Å²) >= 11 is 0. The summed E-state index contributed by atoms with van der Waals surface area (Å²) in [4.78, 5) is 9.51. The van der Waals surface area contributed by atoms with Crippen LogP contribution in [0.2, 0.25) is 0 Å². The van der Waals surface area contributed by atoms with Crippen molar-refractivity contribution in [2.45, 2.75) is 38.7 Å². The van der Waals surface area contributed by atoms with E-state index in [-0.39, 0.29) is 6.10 Å². The number of hydrogen-bond acceptors (Lipinski definition) is 5. The van der Waals surface area contributed by atoms with Gasteiger partial charge in [0.1, 0.15) is 5.82 Å². The van der Waals surface area contributed by atoms with Gasteiger partial charge in [-0.1, -0.05) is 62.4 Å². The fourth-order valence-electron chi connectivity index (χ4n) is 3.61. The number of anilines is 3. The van der Waals surface area contributed by atoms with Crippen LogP contribution in [0.1, 0.15) is 38.2 Å². The highest BCUT2D eigenvalue weighted by atomic mass is 16.5. The molecule has 1 fully saturated rings. The lowest BCUT2D eigenvalue weighted by Crippen LogP contribution is -2.19. The van der Waals surface area contributed by atoms with Crippen molar-refractivity contribution in [1.82, 2.24) is 9.97 Å². The van der Waals surface area contributed by atoms with E-state index in [0.717, 1.165) is 48.8 Å². The maximum atomic E-state index is 5.74. The predicted octanol–water partition coefficient (Wildman–Crippen LogP) is 5.60. The van der Waals surface area contributed by atoms with Crippen molar-refractivity contribution < 1.29 is 4.74 Å². The summed E-state index contributed by atoms with van der Waals surface area (Å²) < 4.78 is 5.74. The molecule has 2 heterocycles. The molecule has 0 bridgehead atoms. The molecule has 3 aromatic rings. The highest BCUT2D eigenvalue weighted by Crippen LogP contribution is 2.28. The van der Waals surface area contributed by atoms with E-state index in [2.05, 4.69) is 54.8 Å². The largest absolute Gasteiger partial charge is 0.376 e. The summed E-state index contributed by atoms with van der Waals surface area (Å²) in [6.07, 6.45) is 2.48. The molecule has 1 atom stereocenters. The first-order valence-corrected chi connectivity index (χ1v) is 10.3. The van der Waals surface area contributed by atoms with Gasteiger partial charge in [0, 0.05) is 30.5 Å². The van der Waals surface area contributed by atoms with Crippen LogP contribution in [-0.4, -0.2) is 29.2 Å². The number of benzene rings is 2. The summed E-state index contributed by atoms with van der Waals surface area (Å²) in [5.74, 6) is 1.81. The van der Waals surface area contributed by atoms with Gasteiger partial charge in [0.15, 0.2) is 0 Å². The zero-order valence-corrected chi connectivity index (χ0v) is 17.1. The highest BCUT2D eigenvalue weighted by Gasteiger charge is 2.16. The summed E-state index contributed by atoms with van der Waals surface area (Å²) in [7, 11) is 0. The SMILES string of the molecule is CC(C)c1ccccc1Nc1nc(NCC2CCCO2)cc(-c2ccccc2)n1. The Labute approximate surface area is 172 Å². The van der Waals surface area contributed by atoms with Crippen LogP contribution in [0.15, 0.2) is 60.7 Å². The molecule has 5 heteroatoms. The van der Waals surface area contributed by atoms with Crippen LogP contribution < -0.4 is 10.6 Å². The van der Waals surface area contributed by atoms with Crippen molar-refractivity contribution in [3.63, 3.8) is 0 Å². The van der Waals surface area contributed by atoms with Crippen molar-refractivity contribution in [2.75, 3.05) is 23.8 Å². The molecule has 150 valence electrons. The van der Waals surface area contributed by atoms with E-state index in [9.17, 15) is 0 Å². The first kappa shape index (κ1) is 19.4. The Hall–Kier alpha value is -2.92. The van der Waals surface area contributed by atoms with Crippen LogP contribution >= 0.6 is 0 Å². The normalized spacial score (nSPS) is 16.2. The molecule has 2 N–H and O–H groups in total. The minimum Gasteiger partial charge on any atom is -0.376 e. The first-order valence-electron chi connectivity index (χ1n) is 10.3. The standard InChI is InChI=1S/C24H28N4O/c1-17(2)20-12-6-7-13-21(20)26-24-27-22(18-9-4-3-5-10-18)15-23(28-24)25-16-19-11-8-14-29-19/h3-7,9-10,12-13,15,17,19H,8,11,14,16H2,1-2H3,(H2,25,26,27,28). The van der Waals surface area contributed by atoms with Crippen LogP contribution in [-0.2, 0) is 4.74 Å². The third-order valence-electron chi connectivity index (χ3n) is 5.16. The van der Waals surface area contributed by atoms with Gasteiger partial charge in [-0.2, -0.15) is 4.98 Å². The molecular formula is C24H28N4O. The number of nitrogens with zero attached hydrogens (tertiary/aromatic N) is 2. The maximum absolute atomic E-state index is 5.74. The number of nitrogens with one attached hydrogen (secondary N) is 2. The molecule has 0 saturated carbocycles. The highest BCUT2D eigenvalue weighted by molar-refractivity contribution is 5.67. The van der Waals surface area contributed by atoms with Gasteiger partial charge in [0.2, 0.25) is 5.95 Å². The van der Waals surface area contributed by atoms with Crippen molar-refractivity contribution in [3.8, 4) is 11.3 Å². The molecule has 0 aliphatic carbocycles. The lowest BCUT2D eigenvalue weighted by atomic mass is 10.0. The van der Waals surface area contributed by atoms with Gasteiger partial charge in [-0.3, -0.25) is 0 Å². The van der Waals surface area contributed by atoms with Crippen molar-refractivity contribution in [2.24, 2.45) is 0 Å². The van der Waals surface area contributed by atoms with Gasteiger partial charge in [0.25, 0.3) is 0 Å². The van der Waals surface area contributed by atoms with Crippen LogP contribution in [0.25, 0.3) is 11.3 Å². The minimum atomic E-state index is 0.253. The molecule has 1 unspecified atom stereocenters. The van der Waals surface area contributed by atoms with E-state index in [4.69, 9.17) is 14.7 Å². The fraction of sp³-hybridized carbons (Fsp3) is 0.333. The van der Waals surface area contributed by atoms with E-state index < -0.39 is 0 Å². The van der Waals surface area contributed by atoms with Crippen LogP contribution in [0.4, 0.5) is 17.5 Å². The molecule has 4 rings (SSSR count). The number of aromatic nitrogens is 2. The number of ether oxygens (including phenoxy) is 1. The third-order valence-corrected chi connectivity index (χ3v) is 5.16. The van der Waals surface area contributed by atoms with Gasteiger partial charge in [-0.15, -0.1) is 0 Å². The molecule has 1 aliphatic heterocycles. The molecular weight excluding hydrogens is 360 g/mol. The van der Waals surface area contributed by atoms with Gasteiger partial charge in [-0.25, -0.2) is 4.98 Å². The second-order valence-corrected chi connectivity index (χ2v) is 7.71. The van der Waals surface area contributed by atoms with Crippen molar-refractivity contribution >= 4 is 17.5 Å². The van der Waals surface area contributed by atoms with E-state index >= 15 is 0 Å². The zero-order chi connectivity index (χ0) is 20.1. The van der Waals surface area contributed by atoms with E-state index in [1.165, 1.54) is 5.56 Å². The second-order valence-electron chi connectivity index (χ2n) is 7.71. The Balaban J connectivity index is 1.64. The maximum Gasteiger partial charge on any atom is 0.229 e. The molecule has 0 amide bonds. The van der Waals surface area contributed by atoms with Crippen LogP contribution in [0.5, 0.6) is 0 Å². The Morgan fingerprint density at radius 3 is 2.59 bits per heavy atom. The van der Waals surface area contributed by atoms with Crippen molar-refractivity contribution in [1.29, 1.82) is 0 Å². The van der Waals surface area contributed by atoms with E-state index in [1.54, 1.807) is 0 Å². The average Bonchev–Trinajstić information content (AvgIpc) is 3.27. The first-order chi connectivity index (χ1) is 14.2. The predicted molar refractivity (Wildman–Crippen MR) is 119 cm³/mol. The molecule has 1 saturated heterocycles. The molecule has 0 spiro atoms.